The Morgan fingerprint density at radius 1 is 1.21 bits per heavy atom. The Bertz CT molecular complexity index is 206. The molecule has 0 aromatic rings. The molecule has 0 aromatic heterocycles. The molecule has 3 aliphatic heterocycles. The van der Waals surface area contributed by atoms with Crippen LogP contribution in [0.25, 0.3) is 0 Å². The molecule has 14 heavy (non-hydrogen) atoms. The van der Waals surface area contributed by atoms with Gasteiger partial charge in [0.15, 0.2) is 0 Å². The van der Waals surface area contributed by atoms with Crippen molar-refractivity contribution < 1.29 is 9.90 Å². The van der Waals surface area contributed by atoms with Crippen LogP contribution < -0.4 is 0 Å². The fraction of sp³-hybridized carbons (Fsp3) is 0.909. The minimum absolute atomic E-state index is 0.353. The van der Waals surface area contributed by atoms with E-state index >= 15 is 0 Å². The number of fused-ring (bicyclic) bond motifs is 3. The van der Waals surface area contributed by atoms with Crippen molar-refractivity contribution in [3.05, 3.63) is 0 Å². The summed E-state index contributed by atoms with van der Waals surface area (Å²) in [5.74, 6) is -0.644. The van der Waals surface area contributed by atoms with E-state index in [0.29, 0.717) is 11.8 Å². The normalized spacial score (nSPS) is 35.9. The number of hydrogen-bond acceptors (Lipinski definition) is 2. The Labute approximate surface area is 85.1 Å². The molecule has 0 amide bonds. The summed E-state index contributed by atoms with van der Waals surface area (Å²) in [6.07, 6.45) is 6.25. The van der Waals surface area contributed by atoms with Crippen LogP contribution in [0, 0.1) is 5.41 Å². The molecule has 0 atom stereocenters. The van der Waals surface area contributed by atoms with Gasteiger partial charge in [-0.05, 0) is 57.2 Å². The number of nitrogens with zero attached hydrogens (tertiary/aromatic N) is 1. The monoisotopic (exact) mass is 197 g/mol. The van der Waals surface area contributed by atoms with Crippen molar-refractivity contribution in [3.8, 4) is 0 Å². The van der Waals surface area contributed by atoms with Crippen LogP contribution in [0.5, 0.6) is 0 Å². The zero-order valence-corrected chi connectivity index (χ0v) is 8.67. The third-order valence-corrected chi connectivity index (χ3v) is 3.97. The number of rotatable bonds is 4. The average molecular weight is 197 g/mol. The predicted octanol–water partition coefficient (Wildman–Crippen LogP) is 1.73. The first-order valence-corrected chi connectivity index (χ1v) is 5.64. The second-order valence-corrected chi connectivity index (χ2v) is 4.84. The summed E-state index contributed by atoms with van der Waals surface area (Å²) in [5.41, 5.74) is 0.518. The highest BCUT2D eigenvalue weighted by atomic mass is 16.4. The summed E-state index contributed by atoms with van der Waals surface area (Å²) < 4.78 is 0. The topological polar surface area (TPSA) is 40.5 Å². The number of hydrogen-bond donors (Lipinski definition) is 1. The maximum Gasteiger partial charge on any atom is 0.303 e. The van der Waals surface area contributed by atoms with E-state index in [2.05, 4.69) is 4.90 Å². The average Bonchev–Trinajstić information content (AvgIpc) is 2.19. The van der Waals surface area contributed by atoms with E-state index in [1.165, 1.54) is 38.9 Å². The van der Waals surface area contributed by atoms with Crippen LogP contribution in [-0.4, -0.2) is 35.6 Å². The lowest BCUT2D eigenvalue weighted by Crippen LogP contribution is -2.48. The first-order chi connectivity index (χ1) is 6.70. The van der Waals surface area contributed by atoms with Crippen molar-refractivity contribution in [3.63, 3.8) is 0 Å². The van der Waals surface area contributed by atoms with Gasteiger partial charge < -0.3 is 10.0 Å². The molecule has 3 nitrogen and oxygen atoms in total. The van der Waals surface area contributed by atoms with Crippen LogP contribution in [0.1, 0.15) is 38.5 Å². The summed E-state index contributed by atoms with van der Waals surface area (Å²) in [4.78, 5) is 13.0. The molecule has 0 radical (unpaired) electrons. The molecule has 3 heteroatoms. The number of piperidine rings is 3. The van der Waals surface area contributed by atoms with Gasteiger partial charge in [0.05, 0.1) is 0 Å². The molecule has 0 aliphatic carbocycles. The number of carboxylic acids is 1. The fourth-order valence-corrected chi connectivity index (χ4v) is 2.89. The zero-order valence-electron chi connectivity index (χ0n) is 8.67. The van der Waals surface area contributed by atoms with Crippen LogP contribution in [0.15, 0.2) is 0 Å². The lowest BCUT2D eigenvalue weighted by molar-refractivity contribution is -0.137. The maximum atomic E-state index is 10.4. The van der Waals surface area contributed by atoms with Gasteiger partial charge in [-0.2, -0.15) is 0 Å². The molecule has 2 bridgehead atoms. The van der Waals surface area contributed by atoms with Gasteiger partial charge in [0, 0.05) is 6.42 Å². The molecule has 3 aliphatic rings. The summed E-state index contributed by atoms with van der Waals surface area (Å²) in [7, 11) is 0. The van der Waals surface area contributed by atoms with E-state index in [1.807, 2.05) is 0 Å². The van der Waals surface area contributed by atoms with Gasteiger partial charge in [0.25, 0.3) is 0 Å². The highest BCUT2D eigenvalue weighted by Gasteiger charge is 2.38. The van der Waals surface area contributed by atoms with E-state index in [1.54, 1.807) is 0 Å². The molecule has 3 rings (SSSR count). The molecule has 0 spiro atoms. The minimum Gasteiger partial charge on any atom is -0.481 e. The van der Waals surface area contributed by atoms with Crippen molar-refractivity contribution in [1.82, 2.24) is 4.90 Å². The highest BCUT2D eigenvalue weighted by molar-refractivity contribution is 5.66. The Hall–Kier alpha value is -0.570. The van der Waals surface area contributed by atoms with E-state index in [-0.39, 0.29) is 0 Å². The van der Waals surface area contributed by atoms with Crippen LogP contribution >= 0.6 is 0 Å². The van der Waals surface area contributed by atoms with Gasteiger partial charge >= 0.3 is 5.97 Å². The Morgan fingerprint density at radius 3 is 2.29 bits per heavy atom. The SMILES string of the molecule is O=C(O)CCCC12CCN(CC1)CC2. The van der Waals surface area contributed by atoms with Gasteiger partial charge in [-0.3, -0.25) is 4.79 Å². The Balaban J connectivity index is 1.80. The van der Waals surface area contributed by atoms with Gasteiger partial charge in [-0.25, -0.2) is 0 Å². The second kappa shape index (κ2) is 3.89. The summed E-state index contributed by atoms with van der Waals surface area (Å²) in [5, 5.41) is 8.60. The second-order valence-electron chi connectivity index (χ2n) is 4.84. The van der Waals surface area contributed by atoms with Gasteiger partial charge in [-0.15, -0.1) is 0 Å². The lowest BCUT2D eigenvalue weighted by atomic mass is 9.69. The van der Waals surface area contributed by atoms with Crippen molar-refractivity contribution in [1.29, 1.82) is 0 Å². The first kappa shape index (κ1) is 9.97. The van der Waals surface area contributed by atoms with Crippen molar-refractivity contribution in [2.45, 2.75) is 38.5 Å². The summed E-state index contributed by atoms with van der Waals surface area (Å²) in [6, 6.07) is 0. The van der Waals surface area contributed by atoms with Crippen LogP contribution in [0.2, 0.25) is 0 Å². The smallest absolute Gasteiger partial charge is 0.303 e. The zero-order chi connectivity index (χ0) is 10.0. The van der Waals surface area contributed by atoms with Gasteiger partial charge in [0.1, 0.15) is 0 Å². The first-order valence-electron chi connectivity index (χ1n) is 5.64. The maximum absolute atomic E-state index is 10.4. The van der Waals surface area contributed by atoms with E-state index < -0.39 is 5.97 Å². The fourth-order valence-electron chi connectivity index (χ4n) is 2.89. The van der Waals surface area contributed by atoms with Crippen molar-refractivity contribution >= 4 is 5.97 Å². The quantitative estimate of drug-likeness (QED) is 0.746. The molecular formula is C11H19NO2. The molecular weight excluding hydrogens is 178 g/mol. The highest BCUT2D eigenvalue weighted by Crippen LogP contribution is 2.43. The predicted molar refractivity (Wildman–Crippen MR) is 54.2 cm³/mol. The third-order valence-electron chi connectivity index (χ3n) is 3.97. The number of aliphatic carboxylic acids is 1. The van der Waals surface area contributed by atoms with Crippen LogP contribution in [0.4, 0.5) is 0 Å². The molecule has 3 saturated heterocycles. The molecule has 3 fully saturated rings. The molecule has 1 N–H and O–H groups in total. The standard InChI is InChI=1S/C11H19NO2/c13-10(14)2-1-3-11-4-7-12(8-5-11)9-6-11/h1-9H2,(H,13,14). The lowest BCUT2D eigenvalue weighted by Gasteiger charge is -2.48. The van der Waals surface area contributed by atoms with Crippen molar-refractivity contribution in [2.24, 2.45) is 5.41 Å². The Kier molecular flexibility index (Phi) is 2.77. The Morgan fingerprint density at radius 2 is 1.79 bits per heavy atom. The molecule has 3 heterocycles. The van der Waals surface area contributed by atoms with Gasteiger partial charge in [0.2, 0.25) is 0 Å². The number of carbonyl (C=O) groups is 1. The van der Waals surface area contributed by atoms with Gasteiger partial charge in [-0.1, -0.05) is 0 Å². The molecule has 80 valence electrons. The number of carboxylic acid groups (broad SMARTS) is 1. The van der Waals surface area contributed by atoms with E-state index in [0.717, 1.165) is 12.8 Å². The molecule has 0 unspecified atom stereocenters. The molecule has 0 saturated carbocycles. The van der Waals surface area contributed by atoms with Crippen LogP contribution in [-0.2, 0) is 4.79 Å². The summed E-state index contributed by atoms with van der Waals surface area (Å²) in [6.45, 7) is 3.73. The van der Waals surface area contributed by atoms with Crippen molar-refractivity contribution in [2.75, 3.05) is 19.6 Å². The van der Waals surface area contributed by atoms with E-state index in [4.69, 9.17) is 5.11 Å². The third kappa shape index (κ3) is 2.08. The minimum atomic E-state index is -0.644. The van der Waals surface area contributed by atoms with Crippen LogP contribution in [0.3, 0.4) is 0 Å². The molecule has 0 aromatic carbocycles. The largest absolute Gasteiger partial charge is 0.481 e. The van der Waals surface area contributed by atoms with E-state index in [9.17, 15) is 4.79 Å². The summed E-state index contributed by atoms with van der Waals surface area (Å²) >= 11 is 0.